The van der Waals surface area contributed by atoms with E-state index in [2.05, 4.69) is 5.32 Å². The van der Waals surface area contributed by atoms with Crippen molar-refractivity contribution >= 4 is 23.2 Å². The Morgan fingerprint density at radius 2 is 2.06 bits per heavy atom. The first-order valence-electron chi connectivity index (χ1n) is 5.06. The summed E-state index contributed by atoms with van der Waals surface area (Å²) in [5, 5.41) is 22.5. The summed E-state index contributed by atoms with van der Waals surface area (Å²) in [6, 6.07) is 3.16. The van der Waals surface area contributed by atoms with Gasteiger partial charge in [0.15, 0.2) is 0 Å². The Balaban J connectivity index is 2.53. The Hall–Kier alpha value is -0.480. The molecule has 3 N–H and O–H groups in total. The minimum Gasteiger partial charge on any atom is -0.506 e. The van der Waals surface area contributed by atoms with Crippen LogP contribution in [0.25, 0.3) is 0 Å². The summed E-state index contributed by atoms with van der Waals surface area (Å²) in [6.45, 7) is 2.87. The lowest BCUT2D eigenvalue weighted by atomic mass is 10.2. The molecule has 0 spiro atoms. The Morgan fingerprint density at radius 3 is 2.69 bits per heavy atom. The van der Waals surface area contributed by atoms with Crippen molar-refractivity contribution in [3.8, 4) is 5.75 Å². The summed E-state index contributed by atoms with van der Waals surface area (Å²) in [4.78, 5) is 0. The quantitative estimate of drug-likeness (QED) is 0.716. The molecule has 0 saturated heterocycles. The van der Waals surface area contributed by atoms with Gasteiger partial charge in [0, 0.05) is 17.1 Å². The van der Waals surface area contributed by atoms with Crippen molar-refractivity contribution in [1.82, 2.24) is 5.32 Å². The van der Waals surface area contributed by atoms with Crippen LogP contribution in [0.5, 0.6) is 5.75 Å². The highest BCUT2D eigenvalue weighted by Crippen LogP contribution is 2.30. The van der Waals surface area contributed by atoms with Crippen LogP contribution in [0.2, 0.25) is 10.0 Å². The van der Waals surface area contributed by atoms with E-state index in [1.54, 1.807) is 13.0 Å². The Kier molecular flexibility index (Phi) is 5.35. The molecular weight excluding hydrogens is 249 g/mol. The predicted octanol–water partition coefficient (Wildman–Crippen LogP) is 2.56. The van der Waals surface area contributed by atoms with E-state index < -0.39 is 0 Å². The van der Waals surface area contributed by atoms with Crippen molar-refractivity contribution in [3.05, 3.63) is 27.7 Å². The van der Waals surface area contributed by atoms with Gasteiger partial charge in [-0.15, -0.1) is 0 Å². The molecule has 0 heterocycles. The number of aliphatic hydroxyl groups excluding tert-OH is 1. The molecule has 1 rings (SSSR count). The number of aromatic hydroxyl groups is 1. The highest BCUT2D eigenvalue weighted by molar-refractivity contribution is 6.35. The molecule has 0 aromatic heterocycles. The summed E-state index contributed by atoms with van der Waals surface area (Å²) >= 11 is 11.6. The van der Waals surface area contributed by atoms with Crippen LogP contribution >= 0.6 is 23.2 Å². The van der Waals surface area contributed by atoms with Crippen LogP contribution in [0.1, 0.15) is 18.9 Å². The molecule has 1 unspecified atom stereocenters. The lowest BCUT2D eigenvalue weighted by molar-refractivity contribution is 0.183. The molecule has 1 aromatic carbocycles. The number of hydrogen-bond donors (Lipinski definition) is 3. The molecule has 1 aromatic rings. The summed E-state index contributed by atoms with van der Waals surface area (Å²) < 4.78 is 0. The second kappa shape index (κ2) is 6.30. The van der Waals surface area contributed by atoms with E-state index in [4.69, 9.17) is 28.3 Å². The third-order valence-corrected chi connectivity index (χ3v) is 2.67. The molecule has 0 radical (unpaired) electrons. The van der Waals surface area contributed by atoms with Gasteiger partial charge in [-0.3, -0.25) is 0 Å². The number of halogens is 2. The number of benzene rings is 1. The minimum atomic E-state index is -0.330. The van der Waals surface area contributed by atoms with E-state index in [0.717, 1.165) is 0 Å². The molecule has 3 nitrogen and oxygen atoms in total. The Bertz CT molecular complexity index is 356. The van der Waals surface area contributed by atoms with E-state index in [1.807, 2.05) is 0 Å². The number of hydrogen-bond acceptors (Lipinski definition) is 3. The Labute approximate surface area is 105 Å². The molecule has 0 aliphatic carbocycles. The number of nitrogens with one attached hydrogen (secondary N) is 1. The van der Waals surface area contributed by atoms with Crippen LogP contribution in [0.4, 0.5) is 0 Å². The van der Waals surface area contributed by atoms with Gasteiger partial charge in [-0.1, -0.05) is 23.2 Å². The van der Waals surface area contributed by atoms with Crippen LogP contribution < -0.4 is 5.32 Å². The summed E-state index contributed by atoms with van der Waals surface area (Å²) in [5.41, 5.74) is 0.656. The largest absolute Gasteiger partial charge is 0.506 e. The molecule has 90 valence electrons. The smallest absolute Gasteiger partial charge is 0.138 e. The predicted molar refractivity (Wildman–Crippen MR) is 66.1 cm³/mol. The van der Waals surface area contributed by atoms with Gasteiger partial charge in [-0.25, -0.2) is 0 Å². The summed E-state index contributed by atoms with van der Waals surface area (Å²) in [5.74, 6) is 0.0515. The van der Waals surface area contributed by atoms with Crippen molar-refractivity contribution in [1.29, 1.82) is 0 Å². The van der Waals surface area contributed by atoms with Gasteiger partial charge >= 0.3 is 0 Å². The average molecular weight is 264 g/mol. The second-order valence-corrected chi connectivity index (χ2v) is 4.55. The lowest BCUT2D eigenvalue weighted by Crippen LogP contribution is -2.18. The van der Waals surface area contributed by atoms with Crippen molar-refractivity contribution in [2.24, 2.45) is 0 Å². The maximum absolute atomic E-state index is 9.65. The molecule has 0 amide bonds. The first kappa shape index (κ1) is 13.6. The van der Waals surface area contributed by atoms with Crippen molar-refractivity contribution in [3.63, 3.8) is 0 Å². The van der Waals surface area contributed by atoms with Gasteiger partial charge < -0.3 is 15.5 Å². The van der Waals surface area contributed by atoms with Crippen molar-refractivity contribution in [2.45, 2.75) is 26.0 Å². The van der Waals surface area contributed by atoms with E-state index in [9.17, 15) is 5.11 Å². The fourth-order valence-electron chi connectivity index (χ4n) is 1.29. The molecule has 16 heavy (non-hydrogen) atoms. The zero-order valence-electron chi connectivity index (χ0n) is 9.00. The van der Waals surface area contributed by atoms with Gasteiger partial charge in [-0.2, -0.15) is 0 Å². The summed E-state index contributed by atoms with van der Waals surface area (Å²) in [6.07, 6.45) is 0.332. The molecule has 1 atom stereocenters. The molecule has 0 bridgehead atoms. The van der Waals surface area contributed by atoms with Crippen molar-refractivity contribution in [2.75, 3.05) is 6.54 Å². The van der Waals surface area contributed by atoms with E-state index in [1.165, 1.54) is 6.07 Å². The maximum Gasteiger partial charge on any atom is 0.138 e. The zero-order valence-corrected chi connectivity index (χ0v) is 10.5. The normalized spacial score (nSPS) is 12.8. The standard InChI is InChI=1S/C11H15Cl2NO2/c1-7(15)2-3-14-6-8-4-9(12)5-10(13)11(8)16/h4-5,7,14-16H,2-3,6H2,1H3. The number of phenols is 1. The highest BCUT2D eigenvalue weighted by Gasteiger charge is 2.07. The van der Waals surface area contributed by atoms with Gasteiger partial charge in [0.1, 0.15) is 5.75 Å². The minimum absolute atomic E-state index is 0.0515. The topological polar surface area (TPSA) is 52.5 Å². The fraction of sp³-hybridized carbons (Fsp3) is 0.455. The molecule has 0 fully saturated rings. The molecule has 0 aliphatic rings. The van der Waals surface area contributed by atoms with Gasteiger partial charge in [0.2, 0.25) is 0 Å². The van der Waals surface area contributed by atoms with Gasteiger partial charge in [0.05, 0.1) is 11.1 Å². The third kappa shape index (κ3) is 4.18. The fourth-order valence-corrected chi connectivity index (χ4v) is 1.82. The third-order valence-electron chi connectivity index (χ3n) is 2.16. The maximum atomic E-state index is 9.65. The SMILES string of the molecule is CC(O)CCNCc1cc(Cl)cc(Cl)c1O. The first-order chi connectivity index (χ1) is 7.50. The van der Waals surface area contributed by atoms with Crippen LogP contribution in [0.15, 0.2) is 12.1 Å². The number of rotatable bonds is 5. The van der Waals surface area contributed by atoms with Crippen molar-refractivity contribution < 1.29 is 10.2 Å². The van der Waals surface area contributed by atoms with Crippen LogP contribution in [0, 0.1) is 0 Å². The average Bonchev–Trinajstić information content (AvgIpc) is 2.19. The Morgan fingerprint density at radius 1 is 1.38 bits per heavy atom. The number of aliphatic hydroxyl groups is 1. The van der Waals surface area contributed by atoms with Crippen LogP contribution in [-0.2, 0) is 6.54 Å². The first-order valence-corrected chi connectivity index (χ1v) is 5.82. The van der Waals surface area contributed by atoms with E-state index in [-0.39, 0.29) is 16.9 Å². The lowest BCUT2D eigenvalue weighted by Gasteiger charge is -2.09. The molecular formula is C11H15Cl2NO2. The highest BCUT2D eigenvalue weighted by atomic mass is 35.5. The van der Waals surface area contributed by atoms with Crippen LogP contribution in [-0.4, -0.2) is 22.9 Å². The number of phenolic OH excluding ortho intramolecular Hbond substituents is 1. The van der Waals surface area contributed by atoms with E-state index in [0.29, 0.717) is 30.1 Å². The van der Waals surface area contributed by atoms with Crippen LogP contribution in [0.3, 0.4) is 0 Å². The molecule has 0 aliphatic heterocycles. The molecule has 5 heteroatoms. The van der Waals surface area contributed by atoms with E-state index >= 15 is 0 Å². The summed E-state index contributed by atoms with van der Waals surface area (Å²) in [7, 11) is 0. The zero-order chi connectivity index (χ0) is 12.1. The molecule has 0 saturated carbocycles. The van der Waals surface area contributed by atoms with Gasteiger partial charge in [-0.05, 0) is 32.0 Å². The second-order valence-electron chi connectivity index (χ2n) is 3.71. The van der Waals surface area contributed by atoms with Gasteiger partial charge in [0.25, 0.3) is 0 Å². The monoisotopic (exact) mass is 263 g/mol.